The Bertz CT molecular complexity index is 1010. The predicted molar refractivity (Wildman–Crippen MR) is 95.4 cm³/mol. The Morgan fingerprint density at radius 2 is 1.81 bits per heavy atom. The summed E-state index contributed by atoms with van der Waals surface area (Å²) in [5.41, 5.74) is 1.30. The number of carboxylic acids is 1. The molecule has 1 heterocycles. The molecule has 1 aromatic heterocycles. The predicted octanol–water partition coefficient (Wildman–Crippen LogP) is 4.12. The smallest absolute Gasteiger partial charge is 0.335 e. The molecule has 0 spiro atoms. The number of hydrogen-bond acceptors (Lipinski definition) is 4. The Balaban J connectivity index is 2.30. The first-order chi connectivity index (χ1) is 12.3. The Kier molecular flexibility index (Phi) is 4.54. The van der Waals surface area contributed by atoms with E-state index < -0.39 is 17.6 Å². The van der Waals surface area contributed by atoms with Gasteiger partial charge in [0.25, 0.3) is 0 Å². The number of aromatic carboxylic acids is 1. The van der Waals surface area contributed by atoms with Gasteiger partial charge in [-0.25, -0.2) is 23.5 Å². The Morgan fingerprint density at radius 1 is 1.08 bits per heavy atom. The molecule has 0 unspecified atom stereocenters. The number of benzene rings is 2. The third kappa shape index (κ3) is 3.20. The minimum Gasteiger partial charge on any atom is -0.478 e. The first kappa shape index (κ1) is 17.7. The zero-order valence-electron chi connectivity index (χ0n) is 14.5. The quantitative estimate of drug-likeness (QED) is 0.761. The maximum Gasteiger partial charge on any atom is 0.335 e. The summed E-state index contributed by atoms with van der Waals surface area (Å²) in [6, 6.07) is 7.68. The third-order valence-electron chi connectivity index (χ3n) is 4.19. The molecule has 134 valence electrons. The van der Waals surface area contributed by atoms with Gasteiger partial charge in [-0.15, -0.1) is 0 Å². The number of carboxylic acid groups (broad SMARTS) is 1. The summed E-state index contributed by atoms with van der Waals surface area (Å²) in [6.45, 7) is 3.87. The Hall–Kier alpha value is -3.09. The van der Waals surface area contributed by atoms with Crippen LogP contribution in [0.5, 0.6) is 0 Å². The van der Waals surface area contributed by atoms with Crippen LogP contribution in [0, 0.1) is 11.6 Å². The Labute approximate surface area is 148 Å². The number of anilines is 1. The topological polar surface area (TPSA) is 66.3 Å². The second-order valence-corrected chi connectivity index (χ2v) is 6.23. The number of rotatable bonds is 4. The highest BCUT2D eigenvalue weighted by Gasteiger charge is 2.20. The largest absolute Gasteiger partial charge is 0.478 e. The van der Waals surface area contributed by atoms with Crippen molar-refractivity contribution in [3.8, 4) is 11.3 Å². The van der Waals surface area contributed by atoms with Crippen LogP contribution in [0.25, 0.3) is 22.3 Å². The molecule has 0 aliphatic carbocycles. The van der Waals surface area contributed by atoms with E-state index in [2.05, 4.69) is 9.97 Å². The Morgan fingerprint density at radius 3 is 2.42 bits per heavy atom. The van der Waals surface area contributed by atoms with Crippen molar-refractivity contribution in [1.29, 1.82) is 0 Å². The van der Waals surface area contributed by atoms with Crippen molar-refractivity contribution in [3.05, 3.63) is 53.6 Å². The first-order valence-corrected chi connectivity index (χ1v) is 8.01. The maximum absolute atomic E-state index is 14.3. The molecule has 3 rings (SSSR count). The van der Waals surface area contributed by atoms with Crippen LogP contribution in [0.15, 0.2) is 36.4 Å². The van der Waals surface area contributed by atoms with Gasteiger partial charge >= 0.3 is 5.97 Å². The van der Waals surface area contributed by atoms with E-state index in [1.807, 2.05) is 13.8 Å². The fraction of sp³-hybridized carbons (Fsp3) is 0.211. The molecular weight excluding hydrogens is 340 g/mol. The zero-order chi connectivity index (χ0) is 19.0. The fourth-order valence-electron chi connectivity index (χ4n) is 2.53. The second-order valence-electron chi connectivity index (χ2n) is 6.23. The summed E-state index contributed by atoms with van der Waals surface area (Å²) in [6.07, 6.45) is 0. The van der Waals surface area contributed by atoms with Crippen LogP contribution in [0.1, 0.15) is 24.2 Å². The molecule has 7 heteroatoms. The van der Waals surface area contributed by atoms with Crippen LogP contribution in [0.4, 0.5) is 14.6 Å². The van der Waals surface area contributed by atoms with Crippen molar-refractivity contribution in [2.45, 2.75) is 19.9 Å². The lowest BCUT2D eigenvalue weighted by Crippen LogP contribution is -2.27. The first-order valence-electron chi connectivity index (χ1n) is 8.01. The molecule has 3 aromatic rings. The molecule has 5 nitrogen and oxygen atoms in total. The van der Waals surface area contributed by atoms with E-state index in [1.165, 1.54) is 24.3 Å². The van der Waals surface area contributed by atoms with Gasteiger partial charge in [0.2, 0.25) is 0 Å². The van der Waals surface area contributed by atoms with Crippen molar-refractivity contribution in [2.75, 3.05) is 11.9 Å². The molecule has 2 aromatic carbocycles. The third-order valence-corrected chi connectivity index (χ3v) is 4.19. The van der Waals surface area contributed by atoms with Crippen molar-refractivity contribution >= 4 is 22.8 Å². The number of carbonyl (C=O) groups is 1. The molecule has 0 saturated carbocycles. The monoisotopic (exact) mass is 357 g/mol. The van der Waals surface area contributed by atoms with Crippen molar-refractivity contribution < 1.29 is 18.7 Å². The lowest BCUT2D eigenvalue weighted by atomic mass is 10.1. The summed E-state index contributed by atoms with van der Waals surface area (Å²) < 4.78 is 27.6. The van der Waals surface area contributed by atoms with E-state index >= 15 is 0 Å². The van der Waals surface area contributed by atoms with Gasteiger partial charge in [0.15, 0.2) is 5.82 Å². The van der Waals surface area contributed by atoms with E-state index in [0.29, 0.717) is 16.9 Å². The van der Waals surface area contributed by atoms with E-state index in [9.17, 15) is 13.6 Å². The summed E-state index contributed by atoms with van der Waals surface area (Å²) in [5, 5.41) is 9.16. The molecule has 1 N–H and O–H groups in total. The molecule has 0 bridgehead atoms. The van der Waals surface area contributed by atoms with Gasteiger partial charge in [0.05, 0.1) is 16.6 Å². The van der Waals surface area contributed by atoms with E-state index in [-0.39, 0.29) is 22.9 Å². The van der Waals surface area contributed by atoms with Gasteiger partial charge in [-0.2, -0.15) is 0 Å². The molecule has 0 amide bonds. The lowest BCUT2D eigenvalue weighted by Gasteiger charge is -2.25. The summed E-state index contributed by atoms with van der Waals surface area (Å²) in [4.78, 5) is 22.0. The molecule has 0 fully saturated rings. The van der Waals surface area contributed by atoms with Gasteiger partial charge in [-0.3, -0.25) is 0 Å². The van der Waals surface area contributed by atoms with Crippen LogP contribution >= 0.6 is 0 Å². The molecule has 0 aliphatic rings. The number of fused-ring (bicyclic) bond motifs is 1. The van der Waals surface area contributed by atoms with Gasteiger partial charge in [-0.05, 0) is 44.2 Å². The summed E-state index contributed by atoms with van der Waals surface area (Å²) in [5.74, 6) is -2.09. The standard InChI is InChI=1S/C19H17F2N3O2/c1-10(2)24(3)18-17(13-6-5-12(20)9-14(13)21)22-15-7-4-11(19(25)26)8-16(15)23-18/h4-10H,1-3H3,(H,25,26). The SMILES string of the molecule is CC(C)N(C)c1nc2cc(C(=O)O)ccc2nc1-c1ccc(F)cc1F. The van der Waals surface area contributed by atoms with E-state index in [1.54, 1.807) is 11.9 Å². The van der Waals surface area contributed by atoms with Crippen LogP contribution < -0.4 is 4.90 Å². The number of aromatic nitrogens is 2. The summed E-state index contributed by atoms with van der Waals surface area (Å²) >= 11 is 0. The van der Waals surface area contributed by atoms with Crippen LogP contribution in [0.2, 0.25) is 0 Å². The lowest BCUT2D eigenvalue weighted by molar-refractivity contribution is 0.0697. The minimum absolute atomic E-state index is 0.0339. The molecule has 0 aliphatic heterocycles. The highest BCUT2D eigenvalue weighted by molar-refractivity contribution is 5.93. The normalized spacial score (nSPS) is 11.2. The molecule has 0 radical (unpaired) electrons. The second kappa shape index (κ2) is 6.67. The van der Waals surface area contributed by atoms with Crippen LogP contribution in [-0.2, 0) is 0 Å². The highest BCUT2D eigenvalue weighted by atomic mass is 19.1. The van der Waals surface area contributed by atoms with Crippen LogP contribution in [-0.4, -0.2) is 34.1 Å². The number of halogens is 2. The summed E-state index contributed by atoms with van der Waals surface area (Å²) in [7, 11) is 1.78. The zero-order valence-corrected chi connectivity index (χ0v) is 14.5. The van der Waals surface area contributed by atoms with Gasteiger partial charge in [0, 0.05) is 24.7 Å². The minimum atomic E-state index is -1.07. The fourth-order valence-corrected chi connectivity index (χ4v) is 2.53. The van der Waals surface area contributed by atoms with Crippen LogP contribution in [0.3, 0.4) is 0 Å². The highest BCUT2D eigenvalue weighted by Crippen LogP contribution is 2.32. The van der Waals surface area contributed by atoms with Gasteiger partial charge in [-0.1, -0.05) is 0 Å². The molecule has 26 heavy (non-hydrogen) atoms. The number of nitrogens with zero attached hydrogens (tertiary/aromatic N) is 3. The molecule has 0 atom stereocenters. The van der Waals surface area contributed by atoms with Gasteiger partial charge < -0.3 is 10.0 Å². The van der Waals surface area contributed by atoms with E-state index in [0.717, 1.165) is 12.1 Å². The van der Waals surface area contributed by atoms with Gasteiger partial charge in [0.1, 0.15) is 17.3 Å². The number of hydrogen-bond donors (Lipinski definition) is 1. The molecular formula is C19H17F2N3O2. The van der Waals surface area contributed by atoms with Crippen molar-refractivity contribution in [3.63, 3.8) is 0 Å². The maximum atomic E-state index is 14.3. The van der Waals surface area contributed by atoms with Crippen molar-refractivity contribution in [1.82, 2.24) is 9.97 Å². The average Bonchev–Trinajstić information content (AvgIpc) is 2.59. The van der Waals surface area contributed by atoms with E-state index in [4.69, 9.17) is 5.11 Å². The van der Waals surface area contributed by atoms with Crippen molar-refractivity contribution in [2.24, 2.45) is 0 Å². The average molecular weight is 357 g/mol. The molecule has 0 saturated heterocycles.